The van der Waals surface area contributed by atoms with Crippen molar-refractivity contribution in [3.63, 3.8) is 0 Å². The Bertz CT molecular complexity index is 660. The third-order valence-electron chi connectivity index (χ3n) is 6.44. The molecule has 0 aromatic heterocycles. The summed E-state index contributed by atoms with van der Waals surface area (Å²) in [6.45, 7) is 7.97. The van der Waals surface area contributed by atoms with Gasteiger partial charge in [-0.25, -0.2) is 0 Å². The lowest BCUT2D eigenvalue weighted by atomic mass is 9.74. The van der Waals surface area contributed by atoms with Gasteiger partial charge in [0, 0.05) is 56.9 Å². The first kappa shape index (κ1) is 21.4. The molecule has 1 aromatic carbocycles. The average Bonchev–Trinajstić information content (AvgIpc) is 3.16. The van der Waals surface area contributed by atoms with Crippen LogP contribution in [0.1, 0.15) is 38.2 Å². The number of nitrogens with one attached hydrogen (secondary N) is 1. The van der Waals surface area contributed by atoms with Gasteiger partial charge in [-0.3, -0.25) is 9.89 Å². The number of aliphatic imine (C=N–C) groups is 1. The number of likely N-dealkylation sites (N-methyl/N-ethyl adjacent to an activating group) is 2. The van der Waals surface area contributed by atoms with Gasteiger partial charge in [0.05, 0.1) is 0 Å². The second-order valence-electron chi connectivity index (χ2n) is 8.08. The molecule has 5 nitrogen and oxygen atoms in total. The Hall–Kier alpha value is -1.30. The van der Waals surface area contributed by atoms with Gasteiger partial charge in [0.1, 0.15) is 0 Å². The molecule has 2 aliphatic heterocycles. The molecule has 6 heteroatoms. The zero-order chi connectivity index (χ0) is 20.0. The minimum Gasteiger partial charge on any atom is -0.381 e. The number of likely N-dealkylation sites (tertiary alicyclic amines) is 1. The third-order valence-corrected chi connectivity index (χ3v) is 6.77. The first-order valence-corrected chi connectivity index (χ1v) is 11.0. The summed E-state index contributed by atoms with van der Waals surface area (Å²) < 4.78 is 5.66. The number of hydrogen-bond acceptors (Lipinski definition) is 3. The third kappa shape index (κ3) is 4.81. The molecule has 156 valence electrons. The lowest BCUT2D eigenvalue weighted by Gasteiger charge is -2.39. The fourth-order valence-corrected chi connectivity index (χ4v) is 5.08. The molecule has 0 saturated carbocycles. The zero-order valence-electron chi connectivity index (χ0n) is 17.6. The van der Waals surface area contributed by atoms with E-state index in [1.165, 1.54) is 24.9 Å². The molecular weight excluding hydrogens is 372 g/mol. The van der Waals surface area contributed by atoms with Gasteiger partial charge in [-0.15, -0.1) is 0 Å². The summed E-state index contributed by atoms with van der Waals surface area (Å²) in [6.07, 6.45) is 4.51. The van der Waals surface area contributed by atoms with Crippen molar-refractivity contribution in [3.8, 4) is 0 Å². The summed E-state index contributed by atoms with van der Waals surface area (Å²) in [4.78, 5) is 9.41. The Balaban J connectivity index is 1.68. The Kier molecular flexibility index (Phi) is 7.61. The summed E-state index contributed by atoms with van der Waals surface area (Å²) in [5.41, 5.74) is 1.20. The van der Waals surface area contributed by atoms with Crippen LogP contribution in [0.25, 0.3) is 0 Å². The summed E-state index contributed by atoms with van der Waals surface area (Å²) >= 11 is 6.59. The molecule has 1 aromatic rings. The standard InChI is InChI=1S/C22H35ClN4O/c1-4-27-13-7-8-18(27)16-26(3)21(24-2)25-17-22(11-14-28-15-12-22)19-9-5-6-10-20(19)23/h5-6,9-10,18H,4,7-8,11-17H2,1-3H3,(H,24,25). The highest BCUT2D eigenvalue weighted by Crippen LogP contribution is 2.38. The van der Waals surface area contributed by atoms with Crippen molar-refractivity contribution >= 4 is 17.6 Å². The first-order chi connectivity index (χ1) is 13.6. The van der Waals surface area contributed by atoms with Crippen LogP contribution in [0.5, 0.6) is 0 Å². The number of rotatable bonds is 6. The van der Waals surface area contributed by atoms with Crippen LogP contribution in [-0.2, 0) is 10.2 Å². The van der Waals surface area contributed by atoms with E-state index in [1.807, 2.05) is 19.2 Å². The lowest BCUT2D eigenvalue weighted by Crippen LogP contribution is -2.50. The largest absolute Gasteiger partial charge is 0.381 e. The smallest absolute Gasteiger partial charge is 0.193 e. The molecule has 3 rings (SSSR count). The molecule has 2 aliphatic rings. The number of guanidine groups is 1. The van der Waals surface area contributed by atoms with E-state index in [0.29, 0.717) is 6.04 Å². The van der Waals surface area contributed by atoms with Crippen LogP contribution in [0.2, 0.25) is 5.02 Å². The minimum atomic E-state index is -0.0177. The molecule has 0 aliphatic carbocycles. The van der Waals surface area contributed by atoms with Crippen LogP contribution < -0.4 is 5.32 Å². The average molecular weight is 407 g/mol. The highest BCUT2D eigenvalue weighted by molar-refractivity contribution is 6.31. The van der Waals surface area contributed by atoms with Crippen molar-refractivity contribution in [2.24, 2.45) is 4.99 Å². The van der Waals surface area contributed by atoms with E-state index >= 15 is 0 Å². The summed E-state index contributed by atoms with van der Waals surface area (Å²) in [5, 5.41) is 4.50. The van der Waals surface area contributed by atoms with Gasteiger partial charge in [-0.2, -0.15) is 0 Å². The summed E-state index contributed by atoms with van der Waals surface area (Å²) in [6, 6.07) is 8.86. The molecule has 2 fully saturated rings. The monoisotopic (exact) mass is 406 g/mol. The second-order valence-corrected chi connectivity index (χ2v) is 8.49. The summed E-state index contributed by atoms with van der Waals surface area (Å²) in [7, 11) is 4.02. The van der Waals surface area contributed by atoms with E-state index in [0.717, 1.165) is 56.7 Å². The maximum absolute atomic E-state index is 6.59. The zero-order valence-corrected chi connectivity index (χ0v) is 18.3. The lowest BCUT2D eigenvalue weighted by molar-refractivity contribution is 0.0512. The molecule has 0 radical (unpaired) electrons. The van der Waals surface area contributed by atoms with Crippen LogP contribution in [0.3, 0.4) is 0 Å². The van der Waals surface area contributed by atoms with E-state index in [-0.39, 0.29) is 5.41 Å². The van der Waals surface area contributed by atoms with Gasteiger partial charge in [-0.1, -0.05) is 36.7 Å². The van der Waals surface area contributed by atoms with Crippen molar-refractivity contribution < 1.29 is 4.74 Å². The van der Waals surface area contributed by atoms with Crippen LogP contribution in [0, 0.1) is 0 Å². The number of ether oxygens (including phenoxy) is 1. The van der Waals surface area contributed by atoms with Crippen LogP contribution in [-0.4, -0.2) is 75.3 Å². The highest BCUT2D eigenvalue weighted by Gasteiger charge is 2.36. The van der Waals surface area contributed by atoms with E-state index in [2.05, 4.69) is 46.2 Å². The molecule has 2 saturated heterocycles. The van der Waals surface area contributed by atoms with Gasteiger partial charge >= 0.3 is 0 Å². The van der Waals surface area contributed by atoms with Crippen molar-refractivity contribution in [1.29, 1.82) is 0 Å². The first-order valence-electron chi connectivity index (χ1n) is 10.6. The fourth-order valence-electron chi connectivity index (χ4n) is 4.75. The van der Waals surface area contributed by atoms with E-state index in [4.69, 9.17) is 16.3 Å². The van der Waals surface area contributed by atoms with Gasteiger partial charge < -0.3 is 15.0 Å². The maximum Gasteiger partial charge on any atom is 0.193 e. The molecular formula is C22H35ClN4O. The van der Waals surface area contributed by atoms with Gasteiger partial charge in [0.25, 0.3) is 0 Å². The fraction of sp³-hybridized carbons (Fsp3) is 0.682. The molecule has 1 N–H and O–H groups in total. The predicted octanol–water partition coefficient (Wildman–Crippen LogP) is 3.38. The number of nitrogens with zero attached hydrogens (tertiary/aromatic N) is 3. The van der Waals surface area contributed by atoms with Crippen molar-refractivity contribution in [1.82, 2.24) is 15.1 Å². The molecule has 0 spiro atoms. The van der Waals surface area contributed by atoms with Crippen LogP contribution >= 0.6 is 11.6 Å². The molecule has 2 heterocycles. The predicted molar refractivity (Wildman–Crippen MR) is 117 cm³/mol. The van der Waals surface area contributed by atoms with E-state index in [9.17, 15) is 0 Å². The normalized spacial score (nSPS) is 23.0. The second kappa shape index (κ2) is 9.95. The topological polar surface area (TPSA) is 40.1 Å². The Morgan fingerprint density at radius 3 is 2.79 bits per heavy atom. The molecule has 28 heavy (non-hydrogen) atoms. The Morgan fingerprint density at radius 1 is 1.36 bits per heavy atom. The van der Waals surface area contributed by atoms with Crippen LogP contribution in [0.4, 0.5) is 0 Å². The Labute approximate surface area is 175 Å². The number of halogens is 1. The molecule has 1 atom stereocenters. The Morgan fingerprint density at radius 2 is 2.11 bits per heavy atom. The van der Waals surface area contributed by atoms with E-state index in [1.54, 1.807) is 0 Å². The van der Waals surface area contributed by atoms with Gasteiger partial charge in [0.2, 0.25) is 0 Å². The van der Waals surface area contributed by atoms with Crippen molar-refractivity contribution in [2.75, 3.05) is 53.5 Å². The summed E-state index contributed by atoms with van der Waals surface area (Å²) in [5.74, 6) is 0.959. The number of benzene rings is 1. The molecule has 0 bridgehead atoms. The quantitative estimate of drug-likeness (QED) is 0.580. The number of hydrogen-bond donors (Lipinski definition) is 1. The van der Waals surface area contributed by atoms with Crippen molar-refractivity contribution in [2.45, 2.75) is 44.1 Å². The van der Waals surface area contributed by atoms with Gasteiger partial charge in [0.15, 0.2) is 5.96 Å². The SMILES string of the molecule is CCN1CCCC1CN(C)C(=NC)NCC1(c2ccccc2Cl)CCOCC1. The van der Waals surface area contributed by atoms with Gasteiger partial charge in [-0.05, 0) is 50.4 Å². The minimum absolute atomic E-state index is 0.0177. The highest BCUT2D eigenvalue weighted by atomic mass is 35.5. The molecule has 1 unspecified atom stereocenters. The van der Waals surface area contributed by atoms with Crippen LogP contribution in [0.15, 0.2) is 29.3 Å². The molecule has 0 amide bonds. The van der Waals surface area contributed by atoms with Crippen molar-refractivity contribution in [3.05, 3.63) is 34.9 Å². The maximum atomic E-state index is 6.59. The van der Waals surface area contributed by atoms with E-state index < -0.39 is 0 Å².